The Morgan fingerprint density at radius 3 is 2.29 bits per heavy atom. The second-order valence-corrected chi connectivity index (χ2v) is 3.73. The lowest BCUT2D eigenvalue weighted by molar-refractivity contribution is 0.325. The van der Waals surface area contributed by atoms with Crippen LogP contribution in [-0.4, -0.2) is 30.1 Å². The van der Waals surface area contributed by atoms with Gasteiger partial charge in [0.1, 0.15) is 5.69 Å². The van der Waals surface area contributed by atoms with E-state index in [0.717, 1.165) is 23.0 Å². The molecule has 0 N–H and O–H groups in total. The van der Waals surface area contributed by atoms with Crippen molar-refractivity contribution in [3.8, 4) is 28.5 Å². The molecule has 0 spiro atoms. The molecule has 1 aromatic carbocycles. The molecule has 0 aliphatic carbocycles. The summed E-state index contributed by atoms with van der Waals surface area (Å²) >= 11 is 1.15. The monoisotopic (exact) mass is 252 g/mol. The first-order valence-electron chi connectivity index (χ1n) is 4.88. The van der Waals surface area contributed by atoms with Crippen molar-refractivity contribution in [1.29, 1.82) is 0 Å². The Balaban J connectivity index is 2.61. The molecule has 1 aromatic heterocycles. The molecule has 0 aliphatic heterocycles. The van der Waals surface area contributed by atoms with Crippen LogP contribution in [0.3, 0.4) is 0 Å². The number of benzene rings is 1. The number of rotatable bonds is 4. The predicted molar refractivity (Wildman–Crippen MR) is 65.0 cm³/mol. The molecule has 2 aromatic rings. The molecule has 90 valence electrons. The number of hydrogen-bond acceptors (Lipinski definition) is 6. The highest BCUT2D eigenvalue weighted by Crippen LogP contribution is 2.43. The number of hydrogen-bond donors (Lipinski definition) is 0. The quantitative estimate of drug-likeness (QED) is 0.835. The van der Waals surface area contributed by atoms with Crippen molar-refractivity contribution in [3.63, 3.8) is 0 Å². The predicted octanol–water partition coefficient (Wildman–Crippen LogP) is 2.23. The minimum absolute atomic E-state index is 0.556. The average Bonchev–Trinajstić information content (AvgIpc) is 2.90. The van der Waals surface area contributed by atoms with Crippen LogP contribution in [0.15, 0.2) is 18.3 Å². The zero-order valence-electron chi connectivity index (χ0n) is 9.76. The first-order valence-corrected chi connectivity index (χ1v) is 5.61. The fraction of sp³-hybridized carbons (Fsp3) is 0.273. The molecule has 17 heavy (non-hydrogen) atoms. The third kappa shape index (κ3) is 2.03. The van der Waals surface area contributed by atoms with Crippen molar-refractivity contribution in [1.82, 2.24) is 8.75 Å². The normalized spacial score (nSPS) is 10.1. The van der Waals surface area contributed by atoms with Gasteiger partial charge in [0.25, 0.3) is 0 Å². The standard InChI is InChI=1S/C11H12N2O3S/c1-14-9-5-4-7(8-6-12-17-13-8)10(15-2)11(9)16-3/h4-6H,1-3H3. The molecule has 2 rings (SSSR count). The maximum Gasteiger partial charge on any atom is 0.203 e. The van der Waals surface area contributed by atoms with Gasteiger partial charge in [-0.05, 0) is 12.1 Å². The van der Waals surface area contributed by atoms with Crippen molar-refractivity contribution in [2.45, 2.75) is 0 Å². The van der Waals surface area contributed by atoms with Gasteiger partial charge in [-0.15, -0.1) is 0 Å². The van der Waals surface area contributed by atoms with Crippen LogP contribution in [0, 0.1) is 0 Å². The van der Waals surface area contributed by atoms with Crippen LogP contribution in [-0.2, 0) is 0 Å². The van der Waals surface area contributed by atoms with Crippen LogP contribution in [0.1, 0.15) is 0 Å². The smallest absolute Gasteiger partial charge is 0.203 e. The Bertz CT molecular complexity index is 500. The van der Waals surface area contributed by atoms with Crippen molar-refractivity contribution in [2.24, 2.45) is 0 Å². The molecule has 0 fully saturated rings. The van der Waals surface area contributed by atoms with Gasteiger partial charge >= 0.3 is 0 Å². The molecule has 0 bridgehead atoms. The van der Waals surface area contributed by atoms with E-state index in [0.29, 0.717) is 17.2 Å². The van der Waals surface area contributed by atoms with Crippen molar-refractivity contribution < 1.29 is 14.2 Å². The molecule has 6 heteroatoms. The highest BCUT2D eigenvalue weighted by atomic mass is 32.1. The average molecular weight is 252 g/mol. The fourth-order valence-electron chi connectivity index (χ4n) is 1.59. The van der Waals surface area contributed by atoms with Crippen LogP contribution in [0.5, 0.6) is 17.2 Å². The van der Waals surface area contributed by atoms with Gasteiger partial charge in [0, 0.05) is 5.56 Å². The summed E-state index contributed by atoms with van der Waals surface area (Å²) in [6, 6.07) is 3.69. The van der Waals surface area contributed by atoms with Gasteiger partial charge in [-0.2, -0.15) is 8.75 Å². The van der Waals surface area contributed by atoms with Crippen molar-refractivity contribution >= 4 is 11.7 Å². The van der Waals surface area contributed by atoms with Gasteiger partial charge in [0.15, 0.2) is 11.5 Å². The van der Waals surface area contributed by atoms with Gasteiger partial charge in [0.2, 0.25) is 5.75 Å². The molecule has 0 saturated carbocycles. The summed E-state index contributed by atoms with van der Waals surface area (Å²) in [5.74, 6) is 1.77. The van der Waals surface area contributed by atoms with Crippen LogP contribution < -0.4 is 14.2 Å². The van der Waals surface area contributed by atoms with Crippen LogP contribution >= 0.6 is 11.7 Å². The molecule has 0 amide bonds. The van der Waals surface area contributed by atoms with E-state index in [9.17, 15) is 0 Å². The molecular formula is C11H12N2O3S. The lowest BCUT2D eigenvalue weighted by Gasteiger charge is -2.14. The molecule has 0 saturated heterocycles. The molecule has 5 nitrogen and oxygen atoms in total. The molecule has 1 heterocycles. The largest absolute Gasteiger partial charge is 0.493 e. The maximum absolute atomic E-state index is 5.37. The van der Waals surface area contributed by atoms with E-state index in [-0.39, 0.29) is 0 Å². The minimum atomic E-state index is 0.556. The zero-order chi connectivity index (χ0) is 12.3. The van der Waals surface area contributed by atoms with E-state index < -0.39 is 0 Å². The summed E-state index contributed by atoms with van der Waals surface area (Å²) in [6.07, 6.45) is 1.69. The van der Waals surface area contributed by atoms with Gasteiger partial charge in [0.05, 0.1) is 39.3 Å². The van der Waals surface area contributed by atoms with Gasteiger partial charge < -0.3 is 14.2 Å². The van der Waals surface area contributed by atoms with Gasteiger partial charge in [-0.1, -0.05) is 0 Å². The van der Waals surface area contributed by atoms with E-state index in [4.69, 9.17) is 14.2 Å². The Morgan fingerprint density at radius 2 is 1.76 bits per heavy atom. The third-order valence-corrected chi connectivity index (χ3v) is 2.82. The number of methoxy groups -OCH3 is 3. The summed E-state index contributed by atoms with van der Waals surface area (Å²) in [5.41, 5.74) is 1.59. The molecule has 0 aliphatic rings. The fourth-order valence-corrected chi connectivity index (χ4v) is 2.01. The number of ether oxygens (including phenoxy) is 3. The van der Waals surface area contributed by atoms with E-state index in [1.165, 1.54) is 0 Å². The Hall–Kier alpha value is -1.82. The Labute approximate surface area is 103 Å². The summed E-state index contributed by atoms with van der Waals surface area (Å²) < 4.78 is 24.0. The van der Waals surface area contributed by atoms with Gasteiger partial charge in [-0.3, -0.25) is 0 Å². The van der Waals surface area contributed by atoms with E-state index in [1.54, 1.807) is 27.5 Å². The first kappa shape index (κ1) is 11.7. The van der Waals surface area contributed by atoms with E-state index >= 15 is 0 Å². The summed E-state index contributed by atoms with van der Waals surface area (Å²) in [7, 11) is 4.74. The topological polar surface area (TPSA) is 53.5 Å². The van der Waals surface area contributed by atoms with E-state index in [1.807, 2.05) is 12.1 Å². The lowest BCUT2D eigenvalue weighted by Crippen LogP contribution is -1.96. The molecule has 0 radical (unpaired) electrons. The number of nitrogens with zero attached hydrogens (tertiary/aromatic N) is 2. The molecule has 0 unspecified atom stereocenters. The van der Waals surface area contributed by atoms with E-state index in [2.05, 4.69) is 8.75 Å². The lowest BCUT2D eigenvalue weighted by atomic mass is 10.1. The Morgan fingerprint density at radius 1 is 1.00 bits per heavy atom. The highest BCUT2D eigenvalue weighted by molar-refractivity contribution is 6.99. The minimum Gasteiger partial charge on any atom is -0.493 e. The van der Waals surface area contributed by atoms with Gasteiger partial charge in [-0.25, -0.2) is 0 Å². The van der Waals surface area contributed by atoms with Crippen LogP contribution in [0.2, 0.25) is 0 Å². The Kier molecular flexibility index (Phi) is 3.43. The summed E-state index contributed by atoms with van der Waals surface area (Å²) in [5, 5.41) is 0. The van der Waals surface area contributed by atoms with Crippen LogP contribution in [0.4, 0.5) is 0 Å². The highest BCUT2D eigenvalue weighted by Gasteiger charge is 2.18. The van der Waals surface area contributed by atoms with Crippen molar-refractivity contribution in [3.05, 3.63) is 18.3 Å². The maximum atomic E-state index is 5.37. The summed E-state index contributed by atoms with van der Waals surface area (Å²) in [4.78, 5) is 0. The number of aromatic nitrogens is 2. The zero-order valence-corrected chi connectivity index (χ0v) is 10.6. The SMILES string of the molecule is COc1ccc(-c2cnsn2)c(OC)c1OC. The second kappa shape index (κ2) is 5.01. The second-order valence-electron chi connectivity index (χ2n) is 3.17. The van der Waals surface area contributed by atoms with Crippen LogP contribution in [0.25, 0.3) is 11.3 Å². The first-order chi connectivity index (χ1) is 8.31. The third-order valence-electron chi connectivity index (χ3n) is 2.34. The molecule has 0 atom stereocenters. The molecular weight excluding hydrogens is 240 g/mol. The summed E-state index contributed by atoms with van der Waals surface area (Å²) in [6.45, 7) is 0. The van der Waals surface area contributed by atoms with Crippen molar-refractivity contribution in [2.75, 3.05) is 21.3 Å².